The molecule has 9 nitrogen and oxygen atoms in total. The number of nitrogens with one attached hydrogen (secondary N) is 2. The van der Waals surface area contributed by atoms with Crippen LogP contribution in [0, 0.1) is 0 Å². The molecule has 29 heavy (non-hydrogen) atoms. The molecule has 2 aromatic heterocycles. The molecule has 2 heterocycles. The fourth-order valence-corrected chi connectivity index (χ4v) is 4.50. The van der Waals surface area contributed by atoms with Crippen molar-refractivity contribution in [2.75, 3.05) is 5.75 Å². The second-order valence-corrected chi connectivity index (χ2v) is 8.10. The Kier molecular flexibility index (Phi) is 5.79. The zero-order valence-electron chi connectivity index (χ0n) is 15.7. The Morgan fingerprint density at radius 1 is 1.31 bits per heavy atom. The fraction of sp³-hybridized carbons (Fsp3) is 0.421. The predicted molar refractivity (Wildman–Crippen MR) is 108 cm³/mol. The number of carbonyl (C=O) groups excluding carboxylic acids is 1. The highest BCUT2D eigenvalue weighted by molar-refractivity contribution is 7.99. The van der Waals surface area contributed by atoms with Crippen LogP contribution in [0.5, 0.6) is 0 Å². The highest BCUT2D eigenvalue weighted by Gasteiger charge is 2.24. The first kappa shape index (κ1) is 19.4. The normalized spacial score (nSPS) is 15.6. The number of thioether (sulfide) groups is 1. The predicted octanol–water partition coefficient (Wildman–Crippen LogP) is 2.17. The van der Waals surface area contributed by atoms with Gasteiger partial charge in [-0.1, -0.05) is 42.8 Å². The molecule has 1 fully saturated rings. The van der Waals surface area contributed by atoms with Crippen LogP contribution < -0.4 is 5.32 Å². The minimum atomic E-state index is -1.07. The fourth-order valence-electron chi connectivity index (χ4n) is 3.75. The Morgan fingerprint density at radius 2 is 2.10 bits per heavy atom. The second-order valence-electron chi connectivity index (χ2n) is 7.15. The van der Waals surface area contributed by atoms with Gasteiger partial charge in [0.2, 0.25) is 11.1 Å². The van der Waals surface area contributed by atoms with Gasteiger partial charge in [-0.25, -0.2) is 9.48 Å². The van der Waals surface area contributed by atoms with Crippen LogP contribution in [0.2, 0.25) is 0 Å². The van der Waals surface area contributed by atoms with Gasteiger partial charge in [0.1, 0.15) is 6.04 Å². The molecule has 1 aliphatic rings. The number of carboxylic acid groups (broad SMARTS) is 1. The van der Waals surface area contributed by atoms with Crippen LogP contribution in [0.1, 0.15) is 37.3 Å². The summed E-state index contributed by atoms with van der Waals surface area (Å²) in [6, 6.07) is 6.95. The lowest BCUT2D eigenvalue weighted by molar-refractivity contribution is -0.141. The number of aromatic nitrogens is 5. The van der Waals surface area contributed by atoms with Crippen molar-refractivity contribution in [3.8, 4) is 0 Å². The zero-order chi connectivity index (χ0) is 20.2. The van der Waals surface area contributed by atoms with Gasteiger partial charge < -0.3 is 15.4 Å². The third kappa shape index (κ3) is 4.42. The number of H-pyrrole nitrogens is 1. The summed E-state index contributed by atoms with van der Waals surface area (Å²) < 4.78 is 1.78. The van der Waals surface area contributed by atoms with E-state index >= 15 is 0 Å². The van der Waals surface area contributed by atoms with Crippen LogP contribution in [0.15, 0.2) is 35.6 Å². The molecule has 1 aromatic carbocycles. The Hall–Kier alpha value is -2.88. The first-order valence-electron chi connectivity index (χ1n) is 9.59. The Labute approximate surface area is 171 Å². The van der Waals surface area contributed by atoms with E-state index in [0.29, 0.717) is 5.16 Å². The van der Waals surface area contributed by atoms with E-state index in [1.54, 1.807) is 10.9 Å². The molecule has 1 atom stereocenters. The van der Waals surface area contributed by atoms with Crippen molar-refractivity contribution in [2.45, 2.75) is 49.3 Å². The summed E-state index contributed by atoms with van der Waals surface area (Å²) in [4.78, 5) is 27.2. The lowest BCUT2D eigenvalue weighted by Gasteiger charge is -2.14. The van der Waals surface area contributed by atoms with Crippen molar-refractivity contribution in [3.05, 3.63) is 36.0 Å². The molecule has 0 spiro atoms. The Morgan fingerprint density at radius 3 is 2.90 bits per heavy atom. The number of aromatic amines is 1. The Balaban J connectivity index is 1.37. The molecule has 0 saturated heterocycles. The molecule has 0 aliphatic heterocycles. The number of carboxylic acids is 1. The van der Waals surface area contributed by atoms with Crippen molar-refractivity contribution in [1.82, 2.24) is 30.5 Å². The van der Waals surface area contributed by atoms with Crippen molar-refractivity contribution in [3.63, 3.8) is 0 Å². The molecule has 10 heteroatoms. The molecule has 3 aromatic rings. The van der Waals surface area contributed by atoms with Crippen molar-refractivity contribution in [2.24, 2.45) is 0 Å². The number of carbonyl (C=O) groups is 2. The number of tetrazole rings is 1. The van der Waals surface area contributed by atoms with Crippen molar-refractivity contribution in [1.29, 1.82) is 0 Å². The molecule has 0 radical (unpaired) electrons. The SMILES string of the molecule is O=C(CSc1nnnn1C1CCCC1)N[C@H](Cc1c[nH]c2ccccc12)C(=O)O. The maximum absolute atomic E-state index is 12.4. The summed E-state index contributed by atoms with van der Waals surface area (Å²) in [6.07, 6.45) is 6.38. The first-order chi connectivity index (χ1) is 14.1. The molecular formula is C19H22N6O3S. The lowest BCUT2D eigenvalue weighted by Crippen LogP contribution is -2.43. The molecule has 0 unspecified atom stereocenters. The number of hydrogen-bond acceptors (Lipinski definition) is 6. The number of para-hydroxylation sites is 1. The minimum absolute atomic E-state index is 0.0603. The molecule has 1 aliphatic carbocycles. The van der Waals surface area contributed by atoms with Gasteiger partial charge >= 0.3 is 5.97 Å². The van der Waals surface area contributed by atoms with Crippen LogP contribution in [-0.2, 0) is 16.0 Å². The number of rotatable bonds is 8. The summed E-state index contributed by atoms with van der Waals surface area (Å²) in [5, 5.41) is 25.5. The van der Waals surface area contributed by atoms with E-state index in [1.165, 1.54) is 11.8 Å². The van der Waals surface area contributed by atoms with Gasteiger partial charge in [0, 0.05) is 23.5 Å². The van der Waals surface area contributed by atoms with Crippen molar-refractivity contribution < 1.29 is 14.7 Å². The van der Waals surface area contributed by atoms with E-state index in [0.717, 1.165) is 42.1 Å². The van der Waals surface area contributed by atoms with E-state index in [2.05, 4.69) is 25.8 Å². The standard InChI is InChI=1S/C19H22N6O3S/c26-17(11-29-19-22-23-24-25(19)13-5-1-2-6-13)21-16(18(27)28)9-12-10-20-15-8-4-3-7-14(12)15/h3-4,7-8,10,13,16,20H,1-2,5-6,9,11H2,(H,21,26)(H,27,28)/t16-/m1/s1. The topological polar surface area (TPSA) is 126 Å². The number of nitrogens with zero attached hydrogens (tertiary/aromatic N) is 4. The summed E-state index contributed by atoms with van der Waals surface area (Å²) in [7, 11) is 0. The van der Waals surface area contributed by atoms with E-state index in [9.17, 15) is 14.7 Å². The molecule has 152 valence electrons. The third-order valence-corrected chi connectivity index (χ3v) is 6.13. The van der Waals surface area contributed by atoms with E-state index in [4.69, 9.17) is 0 Å². The molecule has 0 bridgehead atoms. The van der Waals surface area contributed by atoms with Crippen LogP contribution in [0.3, 0.4) is 0 Å². The van der Waals surface area contributed by atoms with E-state index in [-0.39, 0.29) is 24.1 Å². The van der Waals surface area contributed by atoms with Crippen LogP contribution in [0.4, 0.5) is 0 Å². The average molecular weight is 414 g/mol. The van der Waals surface area contributed by atoms with Gasteiger partial charge in [-0.2, -0.15) is 0 Å². The quantitative estimate of drug-likeness (QED) is 0.482. The van der Waals surface area contributed by atoms with Gasteiger partial charge in [-0.3, -0.25) is 4.79 Å². The van der Waals surface area contributed by atoms with Gasteiger partial charge in [-0.15, -0.1) is 5.10 Å². The van der Waals surface area contributed by atoms with E-state index < -0.39 is 12.0 Å². The number of benzene rings is 1. The smallest absolute Gasteiger partial charge is 0.326 e. The molecule has 1 amide bonds. The third-order valence-electron chi connectivity index (χ3n) is 5.20. The monoisotopic (exact) mass is 414 g/mol. The van der Waals surface area contributed by atoms with E-state index in [1.807, 2.05) is 24.3 Å². The first-order valence-corrected chi connectivity index (χ1v) is 10.6. The summed E-state index contributed by atoms with van der Waals surface area (Å²) in [5.74, 6) is -1.36. The zero-order valence-corrected chi connectivity index (χ0v) is 16.6. The lowest BCUT2D eigenvalue weighted by atomic mass is 10.1. The molecular weight excluding hydrogens is 392 g/mol. The maximum Gasteiger partial charge on any atom is 0.326 e. The summed E-state index contributed by atoms with van der Waals surface area (Å²) in [5.41, 5.74) is 1.79. The van der Waals surface area contributed by atoms with Crippen LogP contribution in [-0.4, -0.2) is 54.0 Å². The maximum atomic E-state index is 12.4. The van der Waals surface area contributed by atoms with Crippen LogP contribution in [0.25, 0.3) is 10.9 Å². The molecule has 3 N–H and O–H groups in total. The molecule has 1 saturated carbocycles. The van der Waals surface area contributed by atoms with Crippen molar-refractivity contribution >= 4 is 34.5 Å². The van der Waals surface area contributed by atoms with Gasteiger partial charge in [0.15, 0.2) is 0 Å². The highest BCUT2D eigenvalue weighted by atomic mass is 32.2. The molecule has 4 rings (SSSR count). The number of hydrogen-bond donors (Lipinski definition) is 3. The van der Waals surface area contributed by atoms with Crippen LogP contribution >= 0.6 is 11.8 Å². The summed E-state index contributed by atoms with van der Waals surface area (Å²) >= 11 is 1.23. The number of fused-ring (bicyclic) bond motifs is 1. The minimum Gasteiger partial charge on any atom is -0.480 e. The second kappa shape index (κ2) is 8.64. The highest BCUT2D eigenvalue weighted by Crippen LogP contribution is 2.31. The van der Waals surface area contributed by atoms with Gasteiger partial charge in [0.05, 0.1) is 11.8 Å². The van der Waals surface area contributed by atoms with Gasteiger partial charge in [-0.05, 0) is 34.9 Å². The average Bonchev–Trinajstić information content (AvgIpc) is 3.46. The number of aliphatic carboxylic acids is 1. The number of amides is 1. The largest absolute Gasteiger partial charge is 0.480 e. The Bertz CT molecular complexity index is 1010. The summed E-state index contributed by atoms with van der Waals surface area (Å²) in [6.45, 7) is 0. The van der Waals surface area contributed by atoms with Gasteiger partial charge in [0.25, 0.3) is 0 Å².